The first-order valence-electron chi connectivity index (χ1n) is 14.1. The Kier molecular flexibility index (Phi) is 8.79. The van der Waals surface area contributed by atoms with Crippen LogP contribution in [-0.4, -0.2) is 62.4 Å². The summed E-state index contributed by atoms with van der Waals surface area (Å²) < 4.78 is 28.9. The Morgan fingerprint density at radius 2 is 1.63 bits per heavy atom. The van der Waals surface area contributed by atoms with Crippen molar-refractivity contribution in [2.75, 3.05) is 43.9 Å². The van der Waals surface area contributed by atoms with Gasteiger partial charge in [0.2, 0.25) is 11.7 Å². The fourth-order valence-corrected chi connectivity index (χ4v) is 6.51. The van der Waals surface area contributed by atoms with Crippen molar-refractivity contribution in [3.05, 3.63) is 60.5 Å². The highest BCUT2D eigenvalue weighted by molar-refractivity contribution is 7.90. The lowest BCUT2D eigenvalue weighted by Crippen LogP contribution is -2.41. The highest BCUT2D eigenvalue weighted by Gasteiger charge is 2.23. The van der Waals surface area contributed by atoms with Crippen molar-refractivity contribution < 1.29 is 12.9 Å². The van der Waals surface area contributed by atoms with E-state index < -0.39 is 9.84 Å². The zero-order valence-corrected chi connectivity index (χ0v) is 23.3. The Balaban J connectivity index is 1.10. The molecule has 0 unspecified atom stereocenters. The van der Waals surface area contributed by atoms with Crippen molar-refractivity contribution in [3.8, 4) is 11.4 Å². The molecule has 2 heterocycles. The molecule has 1 aromatic heterocycles. The Hall–Kier alpha value is -2.71. The number of rotatable bonds is 10. The van der Waals surface area contributed by atoms with E-state index in [-0.39, 0.29) is 4.90 Å². The van der Waals surface area contributed by atoms with Gasteiger partial charge in [0.25, 0.3) is 0 Å². The molecule has 0 spiro atoms. The Labute approximate surface area is 227 Å². The van der Waals surface area contributed by atoms with Gasteiger partial charge in [-0.3, -0.25) is 0 Å². The Morgan fingerprint density at radius 1 is 0.921 bits per heavy atom. The first kappa shape index (κ1) is 26.9. The topological polar surface area (TPSA) is 79.5 Å². The molecule has 2 aromatic carbocycles. The van der Waals surface area contributed by atoms with Crippen LogP contribution in [0.2, 0.25) is 0 Å². The van der Waals surface area contributed by atoms with E-state index in [0.29, 0.717) is 17.6 Å². The smallest absolute Gasteiger partial charge is 0.227 e. The van der Waals surface area contributed by atoms with E-state index in [1.165, 1.54) is 50.6 Å². The zero-order valence-electron chi connectivity index (χ0n) is 22.5. The Bertz CT molecular complexity index is 1250. The van der Waals surface area contributed by atoms with Gasteiger partial charge in [-0.25, -0.2) is 8.42 Å². The number of anilines is 1. The molecule has 204 valence electrons. The molecule has 1 aliphatic heterocycles. The summed E-state index contributed by atoms with van der Waals surface area (Å²) in [7, 11) is -3.22. The van der Waals surface area contributed by atoms with Crippen molar-refractivity contribution >= 4 is 15.5 Å². The van der Waals surface area contributed by atoms with E-state index in [2.05, 4.69) is 50.3 Å². The van der Waals surface area contributed by atoms with Gasteiger partial charge in [-0.15, -0.1) is 0 Å². The predicted molar refractivity (Wildman–Crippen MR) is 151 cm³/mol. The summed E-state index contributed by atoms with van der Waals surface area (Å²) in [5.74, 6) is 2.54. The van der Waals surface area contributed by atoms with Crippen LogP contribution in [0.25, 0.3) is 11.4 Å². The van der Waals surface area contributed by atoms with Gasteiger partial charge in [-0.05, 0) is 87.0 Å². The summed E-state index contributed by atoms with van der Waals surface area (Å²) in [5.41, 5.74) is 2.12. The van der Waals surface area contributed by atoms with Crippen LogP contribution in [0.1, 0.15) is 50.8 Å². The van der Waals surface area contributed by atoms with Crippen molar-refractivity contribution in [2.45, 2.75) is 56.3 Å². The minimum absolute atomic E-state index is 0.289. The van der Waals surface area contributed by atoms with E-state index in [0.717, 1.165) is 56.9 Å². The van der Waals surface area contributed by atoms with Gasteiger partial charge in [-0.1, -0.05) is 42.6 Å². The summed E-state index contributed by atoms with van der Waals surface area (Å²) in [4.78, 5) is 10.1. The molecule has 0 radical (unpaired) electrons. The normalized spacial score (nSPS) is 18.0. The standard InChI is InChI=1S/C30H40N4O3S/c1-38(35,36)28-14-12-26(13-15-28)30-31-29(37-32-30)22-24-16-18-33(19-17-24)20-21-34(27-10-6-3-7-11-27)23-25-8-4-2-5-9-25/h3,6-7,10-15,24-25H,2,4-5,8-9,16-23H2,1H3. The van der Waals surface area contributed by atoms with Crippen LogP contribution in [0.4, 0.5) is 5.69 Å². The fraction of sp³-hybridized carbons (Fsp3) is 0.533. The summed E-state index contributed by atoms with van der Waals surface area (Å²) in [6.45, 7) is 5.56. The molecule has 7 nitrogen and oxygen atoms in total. The van der Waals surface area contributed by atoms with Crippen LogP contribution in [0.15, 0.2) is 64.0 Å². The van der Waals surface area contributed by atoms with Gasteiger partial charge in [0, 0.05) is 43.6 Å². The minimum atomic E-state index is -3.22. The van der Waals surface area contributed by atoms with E-state index in [1.54, 1.807) is 24.3 Å². The Morgan fingerprint density at radius 3 is 2.32 bits per heavy atom. The maximum absolute atomic E-state index is 11.7. The fourth-order valence-electron chi connectivity index (χ4n) is 5.88. The summed E-state index contributed by atoms with van der Waals surface area (Å²) >= 11 is 0. The molecule has 1 aliphatic carbocycles. The van der Waals surface area contributed by atoms with Crippen LogP contribution >= 0.6 is 0 Å². The predicted octanol–water partition coefficient (Wildman–Crippen LogP) is 5.48. The summed E-state index contributed by atoms with van der Waals surface area (Å²) in [5, 5.41) is 4.13. The van der Waals surface area contributed by atoms with Gasteiger partial charge in [0.05, 0.1) is 4.90 Å². The van der Waals surface area contributed by atoms with Crippen LogP contribution < -0.4 is 4.90 Å². The molecule has 2 fully saturated rings. The van der Waals surface area contributed by atoms with Gasteiger partial charge in [0.1, 0.15) is 0 Å². The number of aromatic nitrogens is 2. The third-order valence-corrected chi connectivity index (χ3v) is 9.32. The molecule has 2 aliphatic rings. The van der Waals surface area contributed by atoms with Crippen molar-refractivity contribution in [3.63, 3.8) is 0 Å². The first-order valence-corrected chi connectivity index (χ1v) is 16.0. The summed E-state index contributed by atoms with van der Waals surface area (Å²) in [6.07, 6.45) is 11.2. The second kappa shape index (κ2) is 12.4. The maximum atomic E-state index is 11.7. The lowest BCUT2D eigenvalue weighted by Gasteiger charge is -2.35. The number of likely N-dealkylation sites (tertiary alicyclic amines) is 1. The third-order valence-electron chi connectivity index (χ3n) is 8.19. The molecule has 1 saturated carbocycles. The number of hydrogen-bond acceptors (Lipinski definition) is 7. The number of hydrogen-bond donors (Lipinski definition) is 0. The number of para-hydroxylation sites is 1. The minimum Gasteiger partial charge on any atom is -0.370 e. The van der Waals surface area contributed by atoms with Crippen molar-refractivity contribution in [1.82, 2.24) is 15.0 Å². The maximum Gasteiger partial charge on any atom is 0.227 e. The number of nitrogens with zero attached hydrogens (tertiary/aromatic N) is 4. The monoisotopic (exact) mass is 536 g/mol. The SMILES string of the molecule is CS(=O)(=O)c1ccc(-c2noc(CC3CCN(CCN(CC4CCCCC4)c4ccccc4)CC3)n2)cc1. The molecular weight excluding hydrogens is 496 g/mol. The van der Waals surface area contributed by atoms with Crippen LogP contribution in [-0.2, 0) is 16.3 Å². The lowest BCUT2D eigenvalue weighted by molar-refractivity contribution is 0.180. The zero-order chi connectivity index (χ0) is 26.4. The molecule has 5 rings (SSSR count). The van der Waals surface area contributed by atoms with E-state index in [1.807, 2.05) is 0 Å². The van der Waals surface area contributed by atoms with E-state index in [4.69, 9.17) is 4.52 Å². The molecule has 1 saturated heterocycles. The highest BCUT2D eigenvalue weighted by Crippen LogP contribution is 2.27. The van der Waals surface area contributed by atoms with Gasteiger partial charge >= 0.3 is 0 Å². The molecule has 0 N–H and O–H groups in total. The van der Waals surface area contributed by atoms with Gasteiger partial charge in [-0.2, -0.15) is 4.98 Å². The lowest BCUT2D eigenvalue weighted by atomic mass is 9.89. The average Bonchev–Trinajstić information content (AvgIpc) is 3.41. The van der Waals surface area contributed by atoms with Crippen molar-refractivity contribution in [1.29, 1.82) is 0 Å². The molecule has 0 bridgehead atoms. The first-order chi connectivity index (χ1) is 18.4. The molecule has 38 heavy (non-hydrogen) atoms. The van der Waals surface area contributed by atoms with E-state index in [9.17, 15) is 8.42 Å². The number of piperidine rings is 1. The third kappa shape index (κ3) is 7.23. The average molecular weight is 537 g/mol. The quantitative estimate of drug-likeness (QED) is 0.339. The molecule has 8 heteroatoms. The van der Waals surface area contributed by atoms with Crippen molar-refractivity contribution in [2.24, 2.45) is 11.8 Å². The molecular formula is C30H40N4O3S. The molecule has 3 aromatic rings. The summed E-state index contributed by atoms with van der Waals surface area (Å²) in [6, 6.07) is 17.6. The van der Waals surface area contributed by atoms with E-state index >= 15 is 0 Å². The molecule has 0 amide bonds. The van der Waals surface area contributed by atoms with Crippen LogP contribution in [0.3, 0.4) is 0 Å². The second-order valence-corrected chi connectivity index (χ2v) is 13.1. The largest absolute Gasteiger partial charge is 0.370 e. The van der Waals surface area contributed by atoms with Gasteiger partial charge in [0.15, 0.2) is 9.84 Å². The number of benzene rings is 2. The second-order valence-electron chi connectivity index (χ2n) is 11.1. The van der Waals surface area contributed by atoms with Crippen LogP contribution in [0.5, 0.6) is 0 Å². The highest BCUT2D eigenvalue weighted by atomic mass is 32.2. The van der Waals surface area contributed by atoms with Crippen LogP contribution in [0, 0.1) is 11.8 Å². The number of sulfone groups is 1. The molecule has 0 atom stereocenters. The van der Waals surface area contributed by atoms with Gasteiger partial charge < -0.3 is 14.3 Å².